The van der Waals surface area contributed by atoms with Gasteiger partial charge in [0.1, 0.15) is 23.1 Å². The third-order valence-corrected chi connectivity index (χ3v) is 2.66. The Bertz CT molecular complexity index is 567. The fourth-order valence-corrected chi connectivity index (χ4v) is 1.75. The van der Waals surface area contributed by atoms with Crippen molar-refractivity contribution in [2.24, 2.45) is 0 Å². The highest BCUT2D eigenvalue weighted by molar-refractivity contribution is 5.76. The van der Waals surface area contributed by atoms with Crippen molar-refractivity contribution in [3.63, 3.8) is 0 Å². The molecule has 2 aromatic rings. The van der Waals surface area contributed by atoms with Crippen molar-refractivity contribution in [3.8, 4) is 28.4 Å². The summed E-state index contributed by atoms with van der Waals surface area (Å²) < 4.78 is 23.6. The molecule has 1 N–H and O–H groups in total. The van der Waals surface area contributed by atoms with E-state index in [4.69, 9.17) is 9.47 Å². The molecule has 0 bridgehead atoms. The van der Waals surface area contributed by atoms with E-state index in [-0.39, 0.29) is 5.75 Å². The lowest BCUT2D eigenvalue weighted by Gasteiger charge is -2.11. The van der Waals surface area contributed by atoms with E-state index in [1.54, 1.807) is 12.1 Å². The van der Waals surface area contributed by atoms with Crippen LogP contribution in [0, 0.1) is 5.82 Å². The van der Waals surface area contributed by atoms with Crippen LogP contribution >= 0.6 is 0 Å². The summed E-state index contributed by atoms with van der Waals surface area (Å²) >= 11 is 0. The Morgan fingerprint density at radius 2 is 1.72 bits per heavy atom. The van der Waals surface area contributed by atoms with Crippen LogP contribution in [0.5, 0.6) is 17.2 Å². The van der Waals surface area contributed by atoms with Gasteiger partial charge in [-0.1, -0.05) is 0 Å². The van der Waals surface area contributed by atoms with Crippen molar-refractivity contribution in [1.29, 1.82) is 0 Å². The lowest BCUT2D eigenvalue weighted by molar-refractivity contribution is 0.410. The highest BCUT2D eigenvalue weighted by Gasteiger charge is 2.12. The van der Waals surface area contributed by atoms with E-state index < -0.39 is 5.82 Å². The number of phenols is 1. The Labute approximate surface area is 104 Å². The van der Waals surface area contributed by atoms with Crippen molar-refractivity contribution in [3.05, 3.63) is 42.2 Å². The zero-order chi connectivity index (χ0) is 13.1. The van der Waals surface area contributed by atoms with Crippen molar-refractivity contribution in [2.45, 2.75) is 0 Å². The molecule has 0 atom stereocenters. The van der Waals surface area contributed by atoms with Crippen LogP contribution in [-0.2, 0) is 0 Å². The Hall–Kier alpha value is -2.23. The number of ether oxygens (including phenoxy) is 2. The summed E-state index contributed by atoms with van der Waals surface area (Å²) in [5, 5.41) is 9.86. The van der Waals surface area contributed by atoms with Gasteiger partial charge in [-0.25, -0.2) is 4.39 Å². The Morgan fingerprint density at radius 3 is 2.39 bits per heavy atom. The number of methoxy groups -OCH3 is 2. The van der Waals surface area contributed by atoms with Crippen molar-refractivity contribution in [2.75, 3.05) is 14.2 Å². The lowest BCUT2D eigenvalue weighted by atomic mass is 10.0. The first-order valence-corrected chi connectivity index (χ1v) is 5.36. The molecule has 0 aliphatic heterocycles. The second kappa shape index (κ2) is 4.96. The minimum absolute atomic E-state index is 0.0414. The Balaban J connectivity index is 2.63. The maximum absolute atomic E-state index is 13.3. The topological polar surface area (TPSA) is 38.7 Å². The van der Waals surface area contributed by atoms with Gasteiger partial charge in [0.2, 0.25) is 0 Å². The van der Waals surface area contributed by atoms with Gasteiger partial charge in [0.05, 0.1) is 14.2 Å². The van der Waals surface area contributed by atoms with Gasteiger partial charge in [0.25, 0.3) is 0 Å². The van der Waals surface area contributed by atoms with E-state index in [1.807, 2.05) is 0 Å². The van der Waals surface area contributed by atoms with Gasteiger partial charge in [-0.3, -0.25) is 0 Å². The third-order valence-electron chi connectivity index (χ3n) is 2.66. The summed E-state index contributed by atoms with van der Waals surface area (Å²) in [5.74, 6) is 0.710. The van der Waals surface area contributed by atoms with Crippen LogP contribution in [0.4, 0.5) is 4.39 Å². The molecule has 0 amide bonds. The summed E-state index contributed by atoms with van der Waals surface area (Å²) in [5.41, 5.74) is 0.944. The minimum atomic E-state index is -0.395. The molecule has 0 aromatic heterocycles. The molecule has 0 heterocycles. The Kier molecular flexibility index (Phi) is 3.37. The predicted molar refractivity (Wildman–Crippen MR) is 66.6 cm³/mol. The second-order valence-electron chi connectivity index (χ2n) is 3.73. The maximum atomic E-state index is 13.3. The molecule has 0 fully saturated rings. The zero-order valence-electron chi connectivity index (χ0n) is 10.1. The summed E-state index contributed by atoms with van der Waals surface area (Å²) in [7, 11) is 3.02. The molecule has 0 unspecified atom stereocenters. The van der Waals surface area contributed by atoms with Crippen LogP contribution in [-0.4, -0.2) is 19.3 Å². The third kappa shape index (κ3) is 2.22. The SMILES string of the molecule is COc1ccc(O)c(-c2cc(F)ccc2OC)c1. The van der Waals surface area contributed by atoms with E-state index in [9.17, 15) is 9.50 Å². The minimum Gasteiger partial charge on any atom is -0.507 e. The van der Waals surface area contributed by atoms with Gasteiger partial charge in [0.15, 0.2) is 0 Å². The highest BCUT2D eigenvalue weighted by atomic mass is 19.1. The van der Waals surface area contributed by atoms with E-state index in [0.717, 1.165) is 0 Å². The molecule has 3 nitrogen and oxygen atoms in total. The number of hydrogen-bond acceptors (Lipinski definition) is 3. The van der Waals surface area contributed by atoms with Crippen LogP contribution < -0.4 is 9.47 Å². The molecule has 0 aliphatic carbocycles. The summed E-state index contributed by atoms with van der Waals surface area (Å²) in [6.07, 6.45) is 0. The Morgan fingerprint density at radius 1 is 0.944 bits per heavy atom. The van der Waals surface area contributed by atoms with Gasteiger partial charge in [-0.2, -0.15) is 0 Å². The average Bonchev–Trinajstić information content (AvgIpc) is 2.39. The van der Waals surface area contributed by atoms with Crippen molar-refractivity contribution in [1.82, 2.24) is 0 Å². The zero-order valence-corrected chi connectivity index (χ0v) is 10.1. The number of aromatic hydroxyl groups is 1. The van der Waals surface area contributed by atoms with Crippen LogP contribution in [0.1, 0.15) is 0 Å². The summed E-state index contributed by atoms with van der Waals surface area (Å²) in [6.45, 7) is 0. The van der Waals surface area contributed by atoms with Gasteiger partial charge in [0, 0.05) is 11.1 Å². The predicted octanol–water partition coefficient (Wildman–Crippen LogP) is 3.22. The molecule has 0 aliphatic rings. The number of phenolic OH excluding ortho intramolecular Hbond substituents is 1. The quantitative estimate of drug-likeness (QED) is 0.906. The molecule has 2 rings (SSSR count). The molecule has 94 valence electrons. The molecular formula is C14H13FO3. The van der Waals surface area contributed by atoms with Crippen LogP contribution in [0.15, 0.2) is 36.4 Å². The lowest BCUT2D eigenvalue weighted by Crippen LogP contribution is -1.91. The average molecular weight is 248 g/mol. The van der Waals surface area contributed by atoms with Gasteiger partial charge in [-0.05, 0) is 36.4 Å². The fourth-order valence-electron chi connectivity index (χ4n) is 1.75. The van der Waals surface area contributed by atoms with Crippen molar-refractivity contribution < 1.29 is 19.0 Å². The number of rotatable bonds is 3. The monoisotopic (exact) mass is 248 g/mol. The molecule has 0 radical (unpaired) electrons. The summed E-state index contributed by atoms with van der Waals surface area (Å²) in [4.78, 5) is 0. The number of benzene rings is 2. The number of halogens is 1. The highest BCUT2D eigenvalue weighted by Crippen LogP contribution is 2.38. The van der Waals surface area contributed by atoms with Gasteiger partial charge in [-0.15, -0.1) is 0 Å². The first-order valence-electron chi connectivity index (χ1n) is 5.36. The van der Waals surface area contributed by atoms with Crippen LogP contribution in [0.3, 0.4) is 0 Å². The maximum Gasteiger partial charge on any atom is 0.127 e. The molecular weight excluding hydrogens is 235 g/mol. The standard InChI is InChI=1S/C14H13FO3/c1-17-10-4-5-13(16)11(8-10)12-7-9(15)3-6-14(12)18-2/h3-8,16H,1-2H3. The van der Waals surface area contributed by atoms with Crippen LogP contribution in [0.25, 0.3) is 11.1 Å². The second-order valence-corrected chi connectivity index (χ2v) is 3.73. The van der Waals surface area contributed by atoms with E-state index >= 15 is 0 Å². The summed E-state index contributed by atoms with van der Waals surface area (Å²) in [6, 6.07) is 8.90. The number of hydrogen-bond donors (Lipinski definition) is 1. The molecule has 0 spiro atoms. The smallest absolute Gasteiger partial charge is 0.127 e. The van der Waals surface area contributed by atoms with Crippen LogP contribution in [0.2, 0.25) is 0 Å². The van der Waals surface area contributed by atoms with Crippen molar-refractivity contribution >= 4 is 0 Å². The first-order chi connectivity index (χ1) is 8.65. The normalized spacial score (nSPS) is 10.2. The first kappa shape index (κ1) is 12.2. The van der Waals surface area contributed by atoms with E-state index in [0.29, 0.717) is 22.6 Å². The van der Waals surface area contributed by atoms with Gasteiger partial charge >= 0.3 is 0 Å². The molecule has 2 aromatic carbocycles. The molecule has 0 saturated heterocycles. The largest absolute Gasteiger partial charge is 0.507 e. The fraction of sp³-hybridized carbons (Fsp3) is 0.143. The van der Waals surface area contributed by atoms with E-state index in [2.05, 4.69) is 0 Å². The van der Waals surface area contributed by atoms with E-state index in [1.165, 1.54) is 38.5 Å². The van der Waals surface area contributed by atoms with Gasteiger partial charge < -0.3 is 14.6 Å². The molecule has 4 heteroatoms. The molecule has 18 heavy (non-hydrogen) atoms. The molecule has 0 saturated carbocycles.